The van der Waals surface area contributed by atoms with Gasteiger partial charge in [0, 0.05) is 30.7 Å². The Balaban J connectivity index is 1.68. The third kappa shape index (κ3) is 2.74. The van der Waals surface area contributed by atoms with E-state index in [1.165, 1.54) is 5.56 Å². The molecule has 0 aliphatic carbocycles. The molecule has 2 aliphatic rings. The van der Waals surface area contributed by atoms with Crippen molar-refractivity contribution in [1.29, 1.82) is 0 Å². The maximum atomic E-state index is 12.7. The number of carbonyl (C=O) groups excluding carboxylic acids is 1. The lowest BCUT2D eigenvalue weighted by atomic mass is 9.98. The minimum Gasteiger partial charge on any atom is -0.349 e. The van der Waals surface area contributed by atoms with Crippen molar-refractivity contribution >= 4 is 17.4 Å². The number of hydrogen-bond acceptors (Lipinski definition) is 5. The minimum atomic E-state index is -0.124. The largest absolute Gasteiger partial charge is 0.349 e. The standard InChI is InChI=1S/C20H22N6O/c1-13-6-7-16-14(4-2-9-21-16)17-5-3-10-25(17)18-8-11-26-19(24-18)15(12-22-26)20(27)23-13/h2,4,8-9,11-13,17H,3,5-7,10H2,1H3,(H,23,27)/t13-,17-/m1/s1. The van der Waals surface area contributed by atoms with Crippen molar-refractivity contribution in [2.75, 3.05) is 11.4 Å². The number of anilines is 1. The summed E-state index contributed by atoms with van der Waals surface area (Å²) in [5.41, 5.74) is 3.53. The van der Waals surface area contributed by atoms with Gasteiger partial charge in [0.2, 0.25) is 0 Å². The van der Waals surface area contributed by atoms with E-state index in [2.05, 4.69) is 26.4 Å². The molecule has 0 radical (unpaired) electrons. The molecule has 1 N–H and O–H groups in total. The van der Waals surface area contributed by atoms with Crippen LogP contribution in [0.2, 0.25) is 0 Å². The van der Waals surface area contributed by atoms with Crippen LogP contribution in [0.1, 0.15) is 53.8 Å². The minimum absolute atomic E-state index is 0.0472. The summed E-state index contributed by atoms with van der Waals surface area (Å²) >= 11 is 0. The molecule has 5 heterocycles. The molecule has 2 atom stereocenters. The van der Waals surface area contributed by atoms with Crippen molar-refractivity contribution in [3.63, 3.8) is 0 Å². The Morgan fingerprint density at radius 1 is 1.26 bits per heavy atom. The zero-order valence-corrected chi connectivity index (χ0v) is 15.3. The van der Waals surface area contributed by atoms with Gasteiger partial charge in [0.25, 0.3) is 5.91 Å². The molecular weight excluding hydrogens is 340 g/mol. The summed E-state index contributed by atoms with van der Waals surface area (Å²) in [6, 6.07) is 6.51. The van der Waals surface area contributed by atoms with E-state index in [1.807, 2.05) is 31.5 Å². The fraction of sp³-hybridized carbons (Fsp3) is 0.400. The lowest BCUT2D eigenvalue weighted by molar-refractivity contribution is 0.0940. The van der Waals surface area contributed by atoms with Gasteiger partial charge in [-0.3, -0.25) is 9.78 Å². The fourth-order valence-electron chi connectivity index (χ4n) is 4.23. The molecule has 7 heteroatoms. The van der Waals surface area contributed by atoms with Crippen LogP contribution in [0.25, 0.3) is 5.65 Å². The van der Waals surface area contributed by atoms with Crippen molar-refractivity contribution in [2.24, 2.45) is 0 Å². The first kappa shape index (κ1) is 16.2. The van der Waals surface area contributed by atoms with Crippen LogP contribution in [0.5, 0.6) is 0 Å². The normalized spacial score (nSPS) is 22.6. The summed E-state index contributed by atoms with van der Waals surface area (Å²) in [6.45, 7) is 2.99. The van der Waals surface area contributed by atoms with E-state index >= 15 is 0 Å². The molecule has 3 aromatic heterocycles. The van der Waals surface area contributed by atoms with Gasteiger partial charge in [-0.1, -0.05) is 6.07 Å². The molecule has 3 aromatic rings. The second kappa shape index (κ2) is 6.33. The number of hydrogen-bond donors (Lipinski definition) is 1. The second-order valence-electron chi connectivity index (χ2n) is 7.42. The van der Waals surface area contributed by atoms with E-state index in [4.69, 9.17) is 4.98 Å². The number of aromatic nitrogens is 4. The molecule has 7 nitrogen and oxygen atoms in total. The maximum absolute atomic E-state index is 12.7. The Kier molecular flexibility index (Phi) is 3.81. The molecule has 1 saturated heterocycles. The number of carbonyl (C=O) groups is 1. The first-order valence-electron chi connectivity index (χ1n) is 9.56. The number of pyridine rings is 1. The summed E-state index contributed by atoms with van der Waals surface area (Å²) in [7, 11) is 0. The number of rotatable bonds is 0. The highest BCUT2D eigenvalue weighted by atomic mass is 16.1. The first-order chi connectivity index (χ1) is 13.2. The number of nitrogens with one attached hydrogen (secondary N) is 1. The van der Waals surface area contributed by atoms with Crippen LogP contribution < -0.4 is 10.2 Å². The van der Waals surface area contributed by atoms with Gasteiger partial charge in [-0.2, -0.15) is 5.10 Å². The molecule has 0 saturated carbocycles. The molecule has 5 rings (SSSR count). The highest BCUT2D eigenvalue weighted by Crippen LogP contribution is 2.37. The molecule has 2 aliphatic heterocycles. The lowest BCUT2D eigenvalue weighted by Gasteiger charge is -2.27. The van der Waals surface area contributed by atoms with Gasteiger partial charge in [-0.25, -0.2) is 9.50 Å². The van der Waals surface area contributed by atoms with E-state index in [1.54, 1.807) is 10.7 Å². The Bertz CT molecular complexity index is 1010. The van der Waals surface area contributed by atoms with Gasteiger partial charge in [0.05, 0.1) is 12.2 Å². The number of fused-ring (bicyclic) bond motifs is 5. The highest BCUT2D eigenvalue weighted by molar-refractivity contribution is 5.99. The first-order valence-corrected chi connectivity index (χ1v) is 9.56. The third-order valence-electron chi connectivity index (χ3n) is 5.62. The number of aryl methyl sites for hydroxylation is 1. The van der Waals surface area contributed by atoms with Gasteiger partial charge in [-0.15, -0.1) is 0 Å². The van der Waals surface area contributed by atoms with E-state index in [0.29, 0.717) is 11.2 Å². The van der Waals surface area contributed by atoms with Crippen LogP contribution in [0.4, 0.5) is 5.82 Å². The predicted molar refractivity (Wildman–Crippen MR) is 102 cm³/mol. The Hall–Kier alpha value is -2.96. The lowest BCUT2D eigenvalue weighted by Crippen LogP contribution is -2.33. The van der Waals surface area contributed by atoms with Crippen LogP contribution in [0, 0.1) is 0 Å². The zero-order valence-electron chi connectivity index (χ0n) is 15.3. The predicted octanol–water partition coefficient (Wildman–Crippen LogP) is 2.53. The Labute approximate surface area is 157 Å². The van der Waals surface area contributed by atoms with Crippen molar-refractivity contribution in [3.05, 3.63) is 53.6 Å². The van der Waals surface area contributed by atoms with Gasteiger partial charge >= 0.3 is 0 Å². The molecule has 2 bridgehead atoms. The van der Waals surface area contributed by atoms with Crippen molar-refractivity contribution in [3.8, 4) is 0 Å². The average molecular weight is 362 g/mol. The fourth-order valence-corrected chi connectivity index (χ4v) is 4.23. The van der Waals surface area contributed by atoms with Crippen LogP contribution in [-0.4, -0.2) is 38.1 Å². The molecule has 1 fully saturated rings. The summed E-state index contributed by atoms with van der Waals surface area (Å²) in [5, 5.41) is 7.38. The topological polar surface area (TPSA) is 75.4 Å². The molecular formula is C20H22N6O. The molecule has 1 amide bonds. The average Bonchev–Trinajstić information content (AvgIpc) is 3.32. The molecule has 138 valence electrons. The summed E-state index contributed by atoms with van der Waals surface area (Å²) in [5.74, 6) is 0.766. The molecule has 27 heavy (non-hydrogen) atoms. The third-order valence-corrected chi connectivity index (χ3v) is 5.62. The van der Waals surface area contributed by atoms with Crippen LogP contribution in [-0.2, 0) is 6.42 Å². The van der Waals surface area contributed by atoms with Gasteiger partial charge < -0.3 is 10.2 Å². The summed E-state index contributed by atoms with van der Waals surface area (Å²) in [6.07, 6.45) is 9.25. The second-order valence-corrected chi connectivity index (χ2v) is 7.42. The molecule has 0 unspecified atom stereocenters. The zero-order chi connectivity index (χ0) is 18.4. The van der Waals surface area contributed by atoms with Gasteiger partial charge in [0.15, 0.2) is 5.65 Å². The number of nitrogens with zero attached hydrogens (tertiary/aromatic N) is 5. The van der Waals surface area contributed by atoms with Crippen LogP contribution in [0.15, 0.2) is 36.8 Å². The van der Waals surface area contributed by atoms with E-state index in [-0.39, 0.29) is 18.0 Å². The van der Waals surface area contributed by atoms with Gasteiger partial charge in [-0.05, 0) is 50.3 Å². The van der Waals surface area contributed by atoms with Crippen molar-refractivity contribution in [2.45, 2.75) is 44.7 Å². The van der Waals surface area contributed by atoms with Crippen LogP contribution in [0.3, 0.4) is 0 Å². The van der Waals surface area contributed by atoms with E-state index < -0.39 is 0 Å². The summed E-state index contributed by atoms with van der Waals surface area (Å²) in [4.78, 5) is 24.6. The number of amides is 1. The highest BCUT2D eigenvalue weighted by Gasteiger charge is 2.30. The van der Waals surface area contributed by atoms with E-state index in [0.717, 1.165) is 43.7 Å². The molecule has 0 aromatic carbocycles. The van der Waals surface area contributed by atoms with Crippen molar-refractivity contribution < 1.29 is 4.79 Å². The SMILES string of the molecule is C[C@@H]1CCc2ncccc2[C@H]2CCCN2c2ccn3ncc(c3n2)C(=O)N1. The monoisotopic (exact) mass is 362 g/mol. The maximum Gasteiger partial charge on any atom is 0.256 e. The van der Waals surface area contributed by atoms with E-state index in [9.17, 15) is 4.79 Å². The molecule has 0 spiro atoms. The Morgan fingerprint density at radius 2 is 2.19 bits per heavy atom. The van der Waals surface area contributed by atoms with Gasteiger partial charge in [0.1, 0.15) is 11.4 Å². The smallest absolute Gasteiger partial charge is 0.256 e. The Morgan fingerprint density at radius 3 is 3.11 bits per heavy atom. The summed E-state index contributed by atoms with van der Waals surface area (Å²) < 4.78 is 1.67. The van der Waals surface area contributed by atoms with Crippen LogP contribution >= 0.6 is 0 Å². The quantitative estimate of drug-likeness (QED) is 0.665. The van der Waals surface area contributed by atoms with Crippen molar-refractivity contribution in [1.82, 2.24) is 24.9 Å².